The molecule has 7 nitrogen and oxygen atoms in total. The van der Waals surface area contributed by atoms with E-state index in [9.17, 15) is 9.50 Å². The maximum atomic E-state index is 14.5. The van der Waals surface area contributed by atoms with Gasteiger partial charge in [-0.05, 0) is 50.2 Å². The Morgan fingerprint density at radius 3 is 2.63 bits per heavy atom. The van der Waals surface area contributed by atoms with Crippen molar-refractivity contribution in [1.82, 2.24) is 19.8 Å². The standard InChI is InChI=1S/C30H45FN4O3/c1-21-11-13-22(14-12-21)29-28(33-20-35(29)23-7-4-3-5-8-23)30(36)34-17-16-32-19-24(34)15-18-38-26-10-6-9-25(37-2)27(26)31/h6,9-10,20-24,30,32,36H,3-5,7-8,11-19H2,1-2H3/t21?,22?,24-,30?/m1/s1. The van der Waals surface area contributed by atoms with Crippen molar-refractivity contribution in [2.24, 2.45) is 5.92 Å². The highest BCUT2D eigenvalue weighted by Gasteiger charge is 2.35. The number of hydrogen-bond acceptors (Lipinski definition) is 6. The van der Waals surface area contributed by atoms with Crippen molar-refractivity contribution >= 4 is 0 Å². The first-order valence-corrected chi connectivity index (χ1v) is 14.7. The van der Waals surface area contributed by atoms with Crippen LogP contribution in [0, 0.1) is 11.7 Å². The van der Waals surface area contributed by atoms with Crippen molar-refractivity contribution < 1.29 is 19.0 Å². The van der Waals surface area contributed by atoms with Crippen LogP contribution in [-0.4, -0.2) is 59.0 Å². The lowest BCUT2D eigenvalue weighted by Gasteiger charge is -2.40. The topological polar surface area (TPSA) is 71.8 Å². The van der Waals surface area contributed by atoms with Crippen LogP contribution < -0.4 is 14.8 Å². The Morgan fingerprint density at radius 2 is 1.87 bits per heavy atom. The summed E-state index contributed by atoms with van der Waals surface area (Å²) in [6, 6.07) is 5.50. The van der Waals surface area contributed by atoms with Crippen LogP contribution >= 0.6 is 0 Å². The summed E-state index contributed by atoms with van der Waals surface area (Å²) < 4.78 is 27.9. The van der Waals surface area contributed by atoms with Crippen molar-refractivity contribution in [2.45, 2.75) is 95.4 Å². The molecule has 2 N–H and O–H groups in total. The summed E-state index contributed by atoms with van der Waals surface area (Å²) in [4.78, 5) is 7.08. The van der Waals surface area contributed by atoms with Gasteiger partial charge >= 0.3 is 0 Å². The predicted octanol–water partition coefficient (Wildman–Crippen LogP) is 5.56. The number of piperazine rings is 1. The molecular weight excluding hydrogens is 483 g/mol. The number of imidazole rings is 1. The van der Waals surface area contributed by atoms with E-state index >= 15 is 0 Å². The van der Waals surface area contributed by atoms with Crippen LogP contribution in [0.2, 0.25) is 0 Å². The molecule has 2 heterocycles. The first-order valence-electron chi connectivity index (χ1n) is 14.7. The summed E-state index contributed by atoms with van der Waals surface area (Å²) in [5.41, 5.74) is 2.13. The van der Waals surface area contributed by atoms with E-state index < -0.39 is 12.0 Å². The van der Waals surface area contributed by atoms with E-state index in [1.54, 1.807) is 18.2 Å². The number of rotatable bonds is 9. The Balaban J connectivity index is 1.33. The molecule has 1 unspecified atom stereocenters. The molecule has 0 bridgehead atoms. The third-order valence-corrected chi connectivity index (χ3v) is 9.04. The fourth-order valence-electron chi connectivity index (χ4n) is 6.78. The number of nitrogens with one attached hydrogen (secondary N) is 1. The molecule has 38 heavy (non-hydrogen) atoms. The maximum Gasteiger partial charge on any atom is 0.206 e. The second kappa shape index (κ2) is 12.8. The Bertz CT molecular complexity index is 1030. The fraction of sp³-hybridized carbons (Fsp3) is 0.700. The highest BCUT2D eigenvalue weighted by Crippen LogP contribution is 2.42. The van der Waals surface area contributed by atoms with Crippen molar-refractivity contribution in [1.29, 1.82) is 0 Å². The minimum absolute atomic E-state index is 0.0616. The molecule has 2 aromatic rings. The molecule has 3 fully saturated rings. The second-order valence-electron chi connectivity index (χ2n) is 11.5. The summed E-state index contributed by atoms with van der Waals surface area (Å²) >= 11 is 0. The van der Waals surface area contributed by atoms with E-state index in [1.807, 2.05) is 6.33 Å². The number of benzene rings is 1. The van der Waals surface area contributed by atoms with E-state index in [0.717, 1.165) is 31.2 Å². The zero-order chi connectivity index (χ0) is 26.5. The summed E-state index contributed by atoms with van der Waals surface area (Å²) in [5.74, 6) is 1.13. The molecule has 1 aromatic heterocycles. The van der Waals surface area contributed by atoms with Crippen LogP contribution in [0.5, 0.6) is 11.5 Å². The van der Waals surface area contributed by atoms with Gasteiger partial charge in [-0.2, -0.15) is 4.39 Å². The number of ether oxygens (including phenoxy) is 2. The molecular formula is C30H45FN4O3. The van der Waals surface area contributed by atoms with Gasteiger partial charge in [-0.3, -0.25) is 4.90 Å². The molecule has 0 amide bonds. The largest absolute Gasteiger partial charge is 0.494 e. The number of methoxy groups -OCH3 is 1. The molecule has 0 radical (unpaired) electrons. The third kappa shape index (κ3) is 6.02. The number of aliphatic hydroxyl groups excluding tert-OH is 1. The van der Waals surface area contributed by atoms with Gasteiger partial charge in [0.25, 0.3) is 0 Å². The van der Waals surface area contributed by atoms with E-state index in [-0.39, 0.29) is 17.5 Å². The molecule has 1 aliphatic heterocycles. The smallest absolute Gasteiger partial charge is 0.206 e. The van der Waals surface area contributed by atoms with Crippen molar-refractivity contribution in [3.63, 3.8) is 0 Å². The quantitative estimate of drug-likeness (QED) is 0.444. The van der Waals surface area contributed by atoms with Crippen LogP contribution in [0.15, 0.2) is 24.5 Å². The molecule has 8 heteroatoms. The molecule has 0 spiro atoms. The highest BCUT2D eigenvalue weighted by molar-refractivity contribution is 5.35. The highest BCUT2D eigenvalue weighted by atomic mass is 19.1. The van der Waals surface area contributed by atoms with Crippen LogP contribution in [0.25, 0.3) is 0 Å². The van der Waals surface area contributed by atoms with Crippen molar-refractivity contribution in [3.05, 3.63) is 41.7 Å². The zero-order valence-corrected chi connectivity index (χ0v) is 23.1. The van der Waals surface area contributed by atoms with E-state index in [4.69, 9.17) is 14.5 Å². The minimum Gasteiger partial charge on any atom is -0.494 e. The summed E-state index contributed by atoms with van der Waals surface area (Å²) in [6.07, 6.45) is 13.0. The lowest BCUT2D eigenvalue weighted by atomic mass is 9.80. The molecule has 210 valence electrons. The average Bonchev–Trinajstić information content (AvgIpc) is 3.40. The predicted molar refractivity (Wildman–Crippen MR) is 146 cm³/mol. The van der Waals surface area contributed by atoms with Gasteiger partial charge in [-0.15, -0.1) is 0 Å². The van der Waals surface area contributed by atoms with Crippen LogP contribution in [0.3, 0.4) is 0 Å². The van der Waals surface area contributed by atoms with Crippen LogP contribution in [0.4, 0.5) is 4.39 Å². The Labute approximate surface area is 226 Å². The molecule has 1 saturated heterocycles. The van der Waals surface area contributed by atoms with E-state index in [1.165, 1.54) is 70.6 Å². The third-order valence-electron chi connectivity index (χ3n) is 9.04. The Kier molecular flexibility index (Phi) is 9.23. The van der Waals surface area contributed by atoms with Gasteiger partial charge in [0.05, 0.1) is 20.0 Å². The van der Waals surface area contributed by atoms with Gasteiger partial charge in [-0.25, -0.2) is 4.98 Å². The average molecular weight is 529 g/mol. The normalized spacial score (nSPS) is 26.3. The number of nitrogens with zero attached hydrogens (tertiary/aromatic N) is 3. The van der Waals surface area contributed by atoms with Crippen molar-refractivity contribution in [3.8, 4) is 11.5 Å². The second-order valence-corrected chi connectivity index (χ2v) is 11.5. The lowest BCUT2D eigenvalue weighted by molar-refractivity contribution is -0.0455. The summed E-state index contributed by atoms with van der Waals surface area (Å²) in [6.45, 7) is 5.01. The molecule has 2 saturated carbocycles. The Hall–Kier alpha value is -2.16. The van der Waals surface area contributed by atoms with Gasteiger partial charge in [0.15, 0.2) is 17.7 Å². The van der Waals surface area contributed by atoms with Gasteiger partial charge in [0, 0.05) is 43.3 Å². The molecule has 3 aliphatic rings. The lowest BCUT2D eigenvalue weighted by Crippen LogP contribution is -2.53. The first kappa shape index (κ1) is 27.4. The van der Waals surface area contributed by atoms with Crippen molar-refractivity contribution in [2.75, 3.05) is 33.4 Å². The monoisotopic (exact) mass is 528 g/mol. The van der Waals surface area contributed by atoms with Gasteiger partial charge in [0.2, 0.25) is 5.82 Å². The molecule has 1 aromatic carbocycles. The van der Waals surface area contributed by atoms with Crippen LogP contribution in [-0.2, 0) is 0 Å². The number of hydrogen-bond donors (Lipinski definition) is 2. The minimum atomic E-state index is -0.755. The molecule has 2 atom stereocenters. The van der Waals surface area contributed by atoms with Gasteiger partial charge in [0.1, 0.15) is 5.69 Å². The maximum absolute atomic E-state index is 14.5. The van der Waals surface area contributed by atoms with Gasteiger partial charge < -0.3 is 24.5 Å². The first-order chi connectivity index (χ1) is 18.6. The number of aliphatic hydroxyl groups is 1. The molecule has 2 aliphatic carbocycles. The summed E-state index contributed by atoms with van der Waals surface area (Å²) in [5, 5.41) is 15.3. The Morgan fingerprint density at radius 1 is 1.11 bits per heavy atom. The van der Waals surface area contributed by atoms with Crippen LogP contribution in [0.1, 0.15) is 101 Å². The zero-order valence-electron chi connectivity index (χ0n) is 23.1. The SMILES string of the molecule is COc1cccc(OCC[C@@H]2CNCCN2C(O)c2ncn(C3CCCCC3)c2C2CCC(C)CC2)c1F. The summed E-state index contributed by atoms with van der Waals surface area (Å²) in [7, 11) is 1.45. The van der Waals surface area contributed by atoms with E-state index in [2.05, 4.69) is 21.7 Å². The fourth-order valence-corrected chi connectivity index (χ4v) is 6.78. The number of halogens is 1. The number of aromatic nitrogens is 2. The molecule has 5 rings (SSSR count). The van der Waals surface area contributed by atoms with E-state index in [0.29, 0.717) is 25.0 Å². The van der Waals surface area contributed by atoms with Gasteiger partial charge in [-0.1, -0.05) is 45.1 Å².